The molecular weight excluding hydrogens is 240 g/mol. The quantitative estimate of drug-likeness (QED) is 0.828. The van der Waals surface area contributed by atoms with Crippen molar-refractivity contribution >= 4 is 5.97 Å². The van der Waals surface area contributed by atoms with Crippen molar-refractivity contribution in [1.82, 2.24) is 0 Å². The number of carbonyl (C=O) groups is 1. The first-order valence-corrected chi connectivity index (χ1v) is 6.74. The first kappa shape index (κ1) is 13.9. The highest BCUT2D eigenvalue weighted by atomic mass is 16.5. The summed E-state index contributed by atoms with van der Waals surface area (Å²) in [5.41, 5.74) is 1.36. The first-order chi connectivity index (χ1) is 8.82. The van der Waals surface area contributed by atoms with Crippen LogP contribution >= 0.6 is 0 Å². The Hall–Kier alpha value is -1.51. The van der Waals surface area contributed by atoms with Crippen LogP contribution in [0.25, 0.3) is 0 Å². The minimum atomic E-state index is -0.361. The average molecular weight is 262 g/mol. The average Bonchev–Trinajstić information content (AvgIpc) is 2.64. The molecule has 1 aromatic rings. The Kier molecular flexibility index (Phi) is 3.33. The van der Waals surface area contributed by atoms with Gasteiger partial charge in [-0.2, -0.15) is 0 Å². The molecule has 0 saturated heterocycles. The molecule has 1 atom stereocenters. The summed E-state index contributed by atoms with van der Waals surface area (Å²) < 4.78 is 4.76. The van der Waals surface area contributed by atoms with Gasteiger partial charge in [-0.25, -0.2) is 4.79 Å². The van der Waals surface area contributed by atoms with Gasteiger partial charge in [-0.1, -0.05) is 27.2 Å². The number of hydrogen-bond acceptors (Lipinski definition) is 3. The fourth-order valence-electron chi connectivity index (χ4n) is 3.22. The van der Waals surface area contributed by atoms with Crippen LogP contribution in [-0.4, -0.2) is 18.2 Å². The summed E-state index contributed by atoms with van der Waals surface area (Å²) in [4.78, 5) is 11.7. The smallest absolute Gasteiger partial charge is 0.337 e. The van der Waals surface area contributed by atoms with E-state index in [0.717, 1.165) is 24.8 Å². The predicted octanol–water partition coefficient (Wildman–Crippen LogP) is 3.65. The van der Waals surface area contributed by atoms with Gasteiger partial charge in [0.1, 0.15) is 5.75 Å². The maximum Gasteiger partial charge on any atom is 0.337 e. The summed E-state index contributed by atoms with van der Waals surface area (Å²) in [6.45, 7) is 6.63. The number of aromatic hydroxyl groups is 1. The van der Waals surface area contributed by atoms with Crippen molar-refractivity contribution in [1.29, 1.82) is 0 Å². The van der Waals surface area contributed by atoms with E-state index in [0.29, 0.717) is 5.56 Å². The first-order valence-electron chi connectivity index (χ1n) is 6.74. The Balaban J connectivity index is 2.53. The van der Waals surface area contributed by atoms with E-state index in [9.17, 15) is 9.90 Å². The molecule has 1 saturated carbocycles. The molecule has 0 unspecified atom stereocenters. The Morgan fingerprint density at radius 1 is 1.26 bits per heavy atom. The monoisotopic (exact) mass is 262 g/mol. The zero-order chi connectivity index (χ0) is 14.3. The number of esters is 1. The van der Waals surface area contributed by atoms with Crippen molar-refractivity contribution in [3.05, 3.63) is 29.3 Å². The van der Waals surface area contributed by atoms with Crippen LogP contribution in [0.15, 0.2) is 18.2 Å². The fraction of sp³-hybridized carbons (Fsp3) is 0.562. The van der Waals surface area contributed by atoms with E-state index in [1.165, 1.54) is 7.11 Å². The molecule has 0 aromatic heterocycles. The van der Waals surface area contributed by atoms with Crippen molar-refractivity contribution < 1.29 is 14.6 Å². The summed E-state index contributed by atoms with van der Waals surface area (Å²) in [5.74, 6) is -0.0919. The Morgan fingerprint density at radius 3 is 2.47 bits per heavy atom. The van der Waals surface area contributed by atoms with Gasteiger partial charge in [0.25, 0.3) is 0 Å². The molecule has 104 valence electrons. The zero-order valence-electron chi connectivity index (χ0n) is 12.1. The number of methoxy groups -OCH3 is 1. The standard InChI is InChI=1S/C16H22O3/c1-15(2)8-5-9-16(15,3)12-10-11(14(18)19-4)6-7-13(12)17/h6-7,10,17H,5,8-9H2,1-4H3/t16-/m1/s1. The summed E-state index contributed by atoms with van der Waals surface area (Å²) in [5, 5.41) is 10.2. The summed E-state index contributed by atoms with van der Waals surface area (Å²) >= 11 is 0. The molecule has 0 spiro atoms. The van der Waals surface area contributed by atoms with Crippen molar-refractivity contribution in [2.24, 2.45) is 5.41 Å². The van der Waals surface area contributed by atoms with Crippen molar-refractivity contribution in [2.45, 2.75) is 45.4 Å². The van der Waals surface area contributed by atoms with Gasteiger partial charge < -0.3 is 9.84 Å². The van der Waals surface area contributed by atoms with Crippen LogP contribution in [0.2, 0.25) is 0 Å². The van der Waals surface area contributed by atoms with Crippen LogP contribution in [0, 0.1) is 5.41 Å². The van der Waals surface area contributed by atoms with Gasteiger partial charge in [-0.15, -0.1) is 0 Å². The summed E-state index contributed by atoms with van der Waals surface area (Å²) in [7, 11) is 1.37. The lowest BCUT2D eigenvalue weighted by molar-refractivity contribution is 0.0600. The van der Waals surface area contributed by atoms with E-state index in [1.807, 2.05) is 0 Å². The molecule has 1 aliphatic carbocycles. The number of phenolic OH excluding ortho intramolecular Hbond substituents is 1. The maximum atomic E-state index is 11.7. The molecule has 19 heavy (non-hydrogen) atoms. The molecule has 0 radical (unpaired) electrons. The highest BCUT2D eigenvalue weighted by molar-refractivity contribution is 5.89. The normalized spacial score (nSPS) is 25.3. The van der Waals surface area contributed by atoms with Gasteiger partial charge in [-0.05, 0) is 36.5 Å². The molecule has 0 aliphatic heterocycles. The van der Waals surface area contributed by atoms with Crippen LogP contribution in [0.3, 0.4) is 0 Å². The molecule has 1 N–H and O–H groups in total. The second kappa shape index (κ2) is 4.55. The SMILES string of the molecule is COC(=O)c1ccc(O)c([C@@]2(C)CCCC2(C)C)c1. The molecule has 0 bridgehead atoms. The largest absolute Gasteiger partial charge is 0.508 e. The lowest BCUT2D eigenvalue weighted by atomic mass is 9.65. The molecular formula is C16H22O3. The van der Waals surface area contributed by atoms with Crippen molar-refractivity contribution in [3.8, 4) is 5.75 Å². The summed E-state index contributed by atoms with van der Waals surface area (Å²) in [6, 6.07) is 4.99. The number of phenols is 1. The van der Waals surface area contributed by atoms with Crippen molar-refractivity contribution in [3.63, 3.8) is 0 Å². The number of benzene rings is 1. The van der Waals surface area contributed by atoms with E-state index < -0.39 is 0 Å². The van der Waals surface area contributed by atoms with Gasteiger partial charge in [0.05, 0.1) is 12.7 Å². The molecule has 1 fully saturated rings. The lowest BCUT2D eigenvalue weighted by Crippen LogP contribution is -2.34. The minimum Gasteiger partial charge on any atom is -0.508 e. The maximum absolute atomic E-state index is 11.7. The Bertz CT molecular complexity index is 505. The van der Waals surface area contributed by atoms with E-state index in [2.05, 4.69) is 20.8 Å². The van der Waals surface area contributed by atoms with Crippen LogP contribution in [-0.2, 0) is 10.2 Å². The summed E-state index contributed by atoms with van der Waals surface area (Å²) in [6.07, 6.45) is 3.30. The molecule has 3 nitrogen and oxygen atoms in total. The zero-order valence-corrected chi connectivity index (χ0v) is 12.1. The van der Waals surface area contributed by atoms with Crippen LogP contribution in [0.5, 0.6) is 5.75 Å². The number of hydrogen-bond donors (Lipinski definition) is 1. The Morgan fingerprint density at radius 2 is 1.95 bits per heavy atom. The molecule has 2 rings (SSSR count). The van der Waals surface area contributed by atoms with Gasteiger partial charge in [0, 0.05) is 11.0 Å². The topological polar surface area (TPSA) is 46.5 Å². The number of ether oxygens (including phenoxy) is 1. The molecule has 0 amide bonds. The molecule has 3 heteroatoms. The van der Waals surface area contributed by atoms with Crippen LogP contribution < -0.4 is 0 Å². The lowest BCUT2D eigenvalue weighted by Gasteiger charge is -2.39. The Labute approximate surface area is 114 Å². The third-order valence-electron chi connectivity index (χ3n) is 4.98. The second-order valence-corrected chi connectivity index (χ2v) is 6.29. The minimum absolute atomic E-state index is 0.110. The van der Waals surface area contributed by atoms with E-state index in [1.54, 1.807) is 18.2 Å². The predicted molar refractivity (Wildman–Crippen MR) is 74.4 cm³/mol. The fourth-order valence-corrected chi connectivity index (χ4v) is 3.22. The van der Waals surface area contributed by atoms with Crippen LogP contribution in [0.4, 0.5) is 0 Å². The third kappa shape index (κ3) is 2.11. The van der Waals surface area contributed by atoms with Gasteiger partial charge in [0.15, 0.2) is 0 Å². The molecule has 0 heterocycles. The third-order valence-corrected chi connectivity index (χ3v) is 4.98. The number of rotatable bonds is 2. The van der Waals surface area contributed by atoms with Gasteiger partial charge >= 0.3 is 5.97 Å². The molecule has 1 aliphatic rings. The second-order valence-electron chi connectivity index (χ2n) is 6.29. The highest BCUT2D eigenvalue weighted by Crippen LogP contribution is 2.55. The van der Waals surface area contributed by atoms with E-state index in [4.69, 9.17) is 4.74 Å². The van der Waals surface area contributed by atoms with Crippen LogP contribution in [0.1, 0.15) is 56.0 Å². The van der Waals surface area contributed by atoms with Gasteiger partial charge in [-0.3, -0.25) is 0 Å². The van der Waals surface area contributed by atoms with E-state index in [-0.39, 0.29) is 22.5 Å². The van der Waals surface area contributed by atoms with E-state index >= 15 is 0 Å². The molecule has 1 aromatic carbocycles. The van der Waals surface area contributed by atoms with Gasteiger partial charge in [0.2, 0.25) is 0 Å². The number of carbonyl (C=O) groups excluding carboxylic acids is 1. The highest BCUT2D eigenvalue weighted by Gasteiger charge is 2.47. The van der Waals surface area contributed by atoms with Crippen molar-refractivity contribution in [2.75, 3.05) is 7.11 Å².